The topological polar surface area (TPSA) is 0 Å². The highest BCUT2D eigenvalue weighted by molar-refractivity contribution is 6.36. The Kier molecular flexibility index (Phi) is 17.1. The first-order chi connectivity index (χ1) is 65.9. The van der Waals surface area contributed by atoms with Gasteiger partial charge in [-0.3, -0.25) is 0 Å². The van der Waals surface area contributed by atoms with Gasteiger partial charge in [-0.05, 0) is 374 Å². The third kappa shape index (κ3) is 11.0. The molecule has 0 fully saturated rings. The van der Waals surface area contributed by atoms with Gasteiger partial charge in [-0.2, -0.15) is 0 Å². The van der Waals surface area contributed by atoms with Gasteiger partial charge in [0.15, 0.2) is 0 Å². The molecule has 4 aliphatic carbocycles. The van der Waals surface area contributed by atoms with Crippen LogP contribution in [-0.4, -0.2) is 0 Å². The van der Waals surface area contributed by atoms with E-state index >= 15 is 0 Å². The molecule has 0 radical (unpaired) electrons. The van der Waals surface area contributed by atoms with Crippen LogP contribution in [0.2, 0.25) is 0 Å². The zero-order chi connectivity index (χ0) is 89.3. The van der Waals surface area contributed by atoms with Crippen LogP contribution in [-0.2, 0) is 0 Å². The Morgan fingerprint density at radius 2 is 0.313 bits per heavy atom. The number of rotatable bonds is 12. The van der Waals surface area contributed by atoms with Crippen molar-refractivity contribution in [3.63, 3.8) is 0 Å². The number of hydrogen-bond donors (Lipinski definition) is 0. The largest absolute Gasteiger partial charge is 0.0622 e. The highest BCUT2D eigenvalue weighted by Gasteiger charge is 2.40. The van der Waals surface area contributed by atoms with Gasteiger partial charge in [-0.15, -0.1) is 0 Å². The van der Waals surface area contributed by atoms with Crippen LogP contribution >= 0.6 is 0 Å². The van der Waals surface area contributed by atoms with Gasteiger partial charge in [0.05, 0.1) is 0 Å². The molecule has 23 aromatic rings. The number of fused-ring (bicyclic) bond motifs is 12. The molecule has 0 nitrogen and oxygen atoms in total. The van der Waals surface area contributed by atoms with E-state index in [1.807, 2.05) is 0 Å². The Balaban J connectivity index is 0.800. The third-order valence-electron chi connectivity index (χ3n) is 30.6. The Morgan fingerprint density at radius 3 is 0.560 bits per heavy atom. The quantitative estimate of drug-likeness (QED) is 0.107. The van der Waals surface area contributed by atoms with Gasteiger partial charge in [0, 0.05) is 0 Å². The predicted molar refractivity (Wildman–Crippen MR) is 567 cm³/mol. The van der Waals surface area contributed by atoms with Crippen LogP contribution in [0.15, 0.2) is 400 Å². The van der Waals surface area contributed by atoms with Gasteiger partial charge >= 0.3 is 0 Å². The summed E-state index contributed by atoms with van der Waals surface area (Å²) in [5, 5.41) is 25.7. The summed E-state index contributed by atoms with van der Waals surface area (Å²) in [7, 11) is 0. The highest BCUT2D eigenvalue weighted by atomic mass is 14.4. The molecule has 27 rings (SSSR count). The maximum atomic E-state index is 2.69. The van der Waals surface area contributed by atoms with E-state index in [1.54, 1.807) is 0 Å². The number of benzene rings is 23. The molecule has 0 amide bonds. The molecule has 0 spiro atoms. The lowest BCUT2D eigenvalue weighted by Gasteiger charge is -2.28. The molecule has 0 heterocycles. The molecule has 0 unspecified atom stereocenters. The molecule has 0 saturated heterocycles. The standard InChI is InChI=1S/C134H90/c1-75-49-57-91(58-50-75)115-103-73-105-106(74-104(103)116(92-59-51-76(2)52-60-92)132-100-70-66-96-108-80(6)112-111(79(5)107(108)95-65-69-99(131(115)132)129(100)127(95)96)119(83-33-17-9-18-34-83)123(87-41-25-13-26-42-87)124(88-43-27-14-28-44-88)120(112)84-35-19-10-20-36-84)118(94-63-55-78(4)56-64-94)134-102-72-68-98-110-82(8)114-113(81(7)109(110)97-67-71-101(130(102)128(97)98)133(134)117(105)93-61-53-77(3)54-62-93)121(85-37-21-11-22-38-85)125(89-45-29-15-30-46-89)126(90-47-31-16-32-48-90)122(114)86-39-23-12-24-40-86/h9-74H,1-8H3. The minimum atomic E-state index is 1.19. The zero-order valence-electron chi connectivity index (χ0n) is 76.1. The first kappa shape index (κ1) is 77.6. The molecule has 0 heteroatoms. The molecule has 626 valence electrons. The van der Waals surface area contributed by atoms with Crippen LogP contribution in [0.1, 0.15) is 44.5 Å². The molecule has 4 aliphatic rings. The molecule has 0 N–H and O–H groups in total. The first-order valence-electron chi connectivity index (χ1n) is 47.4. The maximum absolute atomic E-state index is 2.69. The van der Waals surface area contributed by atoms with Crippen molar-refractivity contribution < 1.29 is 0 Å². The SMILES string of the molecule is Cc1ccc(-c2c3c(c(-c4ccc(C)cc4)c4cc5c(-c6ccc(C)cc6)c6c(c(-c7ccc(C)cc7)c5cc24)=c2ccc4c5c(ccc=6c25)=c2c(C)c5c(-c6ccccc6)c(-c6ccccc6)c(-c6ccccc6)c(-c6ccccc6)c5c(C)c2=4)-c2ccc4c5c(ccc-3c25)-c2c-4c(C)c3c(-c4ccccc4)c(-c4ccccc4)c(-c4ccccc4)c(-c4ccccc4)c3c2C)cc1. The summed E-state index contributed by atoms with van der Waals surface area (Å²) >= 11 is 0. The van der Waals surface area contributed by atoms with Gasteiger partial charge < -0.3 is 0 Å². The van der Waals surface area contributed by atoms with E-state index < -0.39 is 0 Å². The lowest BCUT2D eigenvalue weighted by atomic mass is 9.75. The van der Waals surface area contributed by atoms with Gasteiger partial charge in [0.2, 0.25) is 0 Å². The van der Waals surface area contributed by atoms with Crippen LogP contribution < -0.4 is 0 Å². The summed E-state index contributed by atoms with van der Waals surface area (Å²) in [6.45, 7) is 18.7. The summed E-state index contributed by atoms with van der Waals surface area (Å²) in [6.07, 6.45) is 0. The Hall–Kier alpha value is -16.4. The van der Waals surface area contributed by atoms with Gasteiger partial charge in [-0.25, -0.2) is 0 Å². The number of hydrogen-bond acceptors (Lipinski definition) is 0. The third-order valence-corrected chi connectivity index (χ3v) is 30.6. The fourth-order valence-electron chi connectivity index (χ4n) is 25.0. The summed E-state index contributed by atoms with van der Waals surface area (Å²) in [5.41, 5.74) is 49.7. The molecule has 0 aromatic heterocycles. The van der Waals surface area contributed by atoms with Gasteiger partial charge in [0.25, 0.3) is 0 Å². The predicted octanol–water partition coefficient (Wildman–Crippen LogP) is 36.1. The summed E-state index contributed by atoms with van der Waals surface area (Å²) < 4.78 is 0. The van der Waals surface area contributed by atoms with Crippen LogP contribution in [0.3, 0.4) is 0 Å². The van der Waals surface area contributed by atoms with E-state index in [9.17, 15) is 0 Å². The Labute approximate surface area is 779 Å². The van der Waals surface area contributed by atoms with Crippen LogP contribution in [0.25, 0.3) is 243 Å². The van der Waals surface area contributed by atoms with E-state index in [0.29, 0.717) is 0 Å². The van der Waals surface area contributed by atoms with Crippen molar-refractivity contribution in [2.75, 3.05) is 0 Å². The van der Waals surface area contributed by atoms with Crippen molar-refractivity contribution in [2.45, 2.75) is 55.4 Å². The van der Waals surface area contributed by atoms with Crippen LogP contribution in [0, 0.1) is 97.1 Å². The van der Waals surface area contributed by atoms with Crippen molar-refractivity contribution in [1.82, 2.24) is 0 Å². The molecule has 134 heavy (non-hydrogen) atoms. The average molecular weight is 1700 g/mol. The molecule has 0 aliphatic heterocycles. The lowest BCUT2D eigenvalue weighted by molar-refractivity contribution is 1.34. The molecule has 23 aromatic carbocycles. The normalized spacial score (nSPS) is 12.2. The van der Waals surface area contributed by atoms with Crippen molar-refractivity contribution in [2.24, 2.45) is 0 Å². The van der Waals surface area contributed by atoms with Crippen molar-refractivity contribution in [1.29, 1.82) is 0 Å². The van der Waals surface area contributed by atoms with Crippen LogP contribution in [0.5, 0.6) is 0 Å². The molecular weight excluding hydrogens is 1610 g/mol. The first-order valence-corrected chi connectivity index (χ1v) is 47.4. The summed E-state index contributed by atoms with van der Waals surface area (Å²) in [5.74, 6) is 0. The monoisotopic (exact) mass is 1700 g/mol. The number of aryl methyl sites for hydroxylation is 8. The van der Waals surface area contributed by atoms with E-state index in [1.165, 1.54) is 329 Å². The van der Waals surface area contributed by atoms with E-state index in [4.69, 9.17) is 0 Å². The Morgan fingerprint density at radius 1 is 0.119 bits per heavy atom. The lowest BCUT2D eigenvalue weighted by Crippen LogP contribution is -2.02. The van der Waals surface area contributed by atoms with Crippen molar-refractivity contribution in [3.05, 3.63) is 487 Å². The fourth-order valence-corrected chi connectivity index (χ4v) is 25.0. The van der Waals surface area contributed by atoms with Crippen molar-refractivity contribution >= 4 is 64.6 Å². The second kappa shape index (κ2) is 29.6. The summed E-state index contributed by atoms with van der Waals surface area (Å²) in [4.78, 5) is 0. The second-order valence-electron chi connectivity index (χ2n) is 38.0. The van der Waals surface area contributed by atoms with Crippen LogP contribution in [0.4, 0.5) is 0 Å². The Bertz CT molecular complexity index is 9000. The van der Waals surface area contributed by atoms with E-state index in [-0.39, 0.29) is 0 Å². The van der Waals surface area contributed by atoms with E-state index in [0.717, 1.165) is 0 Å². The van der Waals surface area contributed by atoms with Gasteiger partial charge in [-0.1, -0.05) is 411 Å². The van der Waals surface area contributed by atoms with E-state index in [2.05, 4.69) is 456 Å². The maximum Gasteiger partial charge on any atom is -0.000740 e. The molecule has 0 atom stereocenters. The minimum absolute atomic E-state index is 1.19. The summed E-state index contributed by atoms with van der Waals surface area (Å²) in [6, 6.07) is 154. The van der Waals surface area contributed by atoms with Crippen molar-refractivity contribution in [3.8, 4) is 178 Å². The zero-order valence-corrected chi connectivity index (χ0v) is 76.1. The minimum Gasteiger partial charge on any atom is -0.0622 e. The average Bonchev–Trinajstić information content (AvgIpc) is 1.49. The fraction of sp³-hybridized carbons (Fsp3) is 0.0597. The smallest absolute Gasteiger partial charge is 0.000740 e. The second-order valence-corrected chi connectivity index (χ2v) is 38.0. The molecule has 0 saturated carbocycles. The highest BCUT2D eigenvalue weighted by Crippen LogP contribution is 2.66. The van der Waals surface area contributed by atoms with Gasteiger partial charge in [0.1, 0.15) is 0 Å². The molecular formula is C134H90. The molecule has 0 bridgehead atoms.